The predicted molar refractivity (Wildman–Crippen MR) is 52.6 cm³/mol. The number of fused-ring (bicyclic) bond motifs is 1. The van der Waals surface area contributed by atoms with Crippen molar-refractivity contribution in [2.45, 2.75) is 20.3 Å². The Morgan fingerprint density at radius 1 is 1.38 bits per heavy atom. The molecule has 0 bridgehead atoms. The molecule has 13 heavy (non-hydrogen) atoms. The van der Waals surface area contributed by atoms with E-state index in [1.54, 1.807) is 0 Å². The third-order valence-corrected chi connectivity index (χ3v) is 2.25. The molecule has 2 aromatic rings. The highest BCUT2D eigenvalue weighted by atomic mass is 15.0. The first-order valence-electron chi connectivity index (χ1n) is 4.51. The summed E-state index contributed by atoms with van der Waals surface area (Å²) >= 11 is 0. The summed E-state index contributed by atoms with van der Waals surface area (Å²) in [7, 11) is 2.01. The molecule has 0 saturated heterocycles. The molecule has 2 rings (SSSR count). The van der Waals surface area contributed by atoms with Crippen molar-refractivity contribution in [3.63, 3.8) is 0 Å². The summed E-state index contributed by atoms with van der Waals surface area (Å²) in [5.41, 5.74) is 2.17. The van der Waals surface area contributed by atoms with Gasteiger partial charge in [-0.05, 0) is 19.4 Å². The first kappa shape index (κ1) is 8.23. The van der Waals surface area contributed by atoms with Gasteiger partial charge in [0.25, 0.3) is 0 Å². The molecule has 0 unspecified atom stereocenters. The van der Waals surface area contributed by atoms with Crippen LogP contribution >= 0.6 is 0 Å². The zero-order valence-corrected chi connectivity index (χ0v) is 8.20. The van der Waals surface area contributed by atoms with Crippen LogP contribution in [0.3, 0.4) is 0 Å². The van der Waals surface area contributed by atoms with E-state index in [4.69, 9.17) is 0 Å². The van der Waals surface area contributed by atoms with Crippen LogP contribution in [0, 0.1) is 6.92 Å². The number of aromatic nitrogens is 3. The number of hydrogen-bond acceptors (Lipinski definition) is 2. The maximum atomic E-state index is 4.41. The lowest BCUT2D eigenvalue weighted by Crippen LogP contribution is -1.97. The largest absolute Gasteiger partial charge is 0.335 e. The molecule has 0 aliphatic carbocycles. The lowest BCUT2D eigenvalue weighted by molar-refractivity contribution is 0.916. The van der Waals surface area contributed by atoms with Gasteiger partial charge < -0.3 is 4.57 Å². The third-order valence-electron chi connectivity index (χ3n) is 2.25. The summed E-state index contributed by atoms with van der Waals surface area (Å²) in [5, 5.41) is 1.18. The molecule has 0 amide bonds. The van der Waals surface area contributed by atoms with E-state index in [1.165, 1.54) is 5.39 Å². The minimum absolute atomic E-state index is 0.853. The summed E-state index contributed by atoms with van der Waals surface area (Å²) in [6, 6.07) is 2.08. The zero-order chi connectivity index (χ0) is 9.42. The minimum atomic E-state index is 0.853. The van der Waals surface area contributed by atoms with Crippen LogP contribution in [-0.2, 0) is 13.5 Å². The van der Waals surface area contributed by atoms with E-state index in [1.807, 2.05) is 24.7 Å². The molecule has 0 saturated carbocycles. The van der Waals surface area contributed by atoms with Crippen molar-refractivity contribution in [2.75, 3.05) is 0 Å². The Kier molecular flexibility index (Phi) is 1.79. The number of aryl methyl sites for hydroxylation is 3. The van der Waals surface area contributed by atoms with Crippen LogP contribution in [0.15, 0.2) is 12.3 Å². The summed E-state index contributed by atoms with van der Waals surface area (Å²) in [4.78, 5) is 8.80. The monoisotopic (exact) mass is 175 g/mol. The van der Waals surface area contributed by atoms with Crippen LogP contribution in [-0.4, -0.2) is 14.5 Å². The molecule has 0 spiro atoms. The molecule has 0 aliphatic rings. The Morgan fingerprint density at radius 3 is 2.85 bits per heavy atom. The number of hydrogen-bond donors (Lipinski definition) is 0. The molecule has 0 fully saturated rings. The fourth-order valence-corrected chi connectivity index (χ4v) is 1.59. The van der Waals surface area contributed by atoms with E-state index >= 15 is 0 Å². The molecule has 0 atom stereocenters. The topological polar surface area (TPSA) is 30.7 Å². The van der Waals surface area contributed by atoms with E-state index in [0.717, 1.165) is 23.6 Å². The standard InChI is InChI=1S/C10H13N3/c1-4-9-8-5-6-13(3)10(8)12-7(2)11-9/h5-6H,4H2,1-3H3. The van der Waals surface area contributed by atoms with Crippen LogP contribution < -0.4 is 0 Å². The SMILES string of the molecule is CCc1nc(C)nc2c1ccn2C. The summed E-state index contributed by atoms with van der Waals surface area (Å²) in [6.07, 6.45) is 2.99. The first-order chi connectivity index (χ1) is 6.22. The molecule has 2 heterocycles. The highest BCUT2D eigenvalue weighted by Crippen LogP contribution is 2.16. The van der Waals surface area contributed by atoms with Gasteiger partial charge in [-0.25, -0.2) is 9.97 Å². The zero-order valence-electron chi connectivity index (χ0n) is 8.20. The van der Waals surface area contributed by atoms with Crippen molar-refractivity contribution in [2.24, 2.45) is 7.05 Å². The van der Waals surface area contributed by atoms with Gasteiger partial charge in [0.05, 0.1) is 5.69 Å². The van der Waals surface area contributed by atoms with Crippen molar-refractivity contribution in [3.05, 3.63) is 23.8 Å². The van der Waals surface area contributed by atoms with Gasteiger partial charge in [-0.15, -0.1) is 0 Å². The van der Waals surface area contributed by atoms with Gasteiger partial charge in [-0.3, -0.25) is 0 Å². The van der Waals surface area contributed by atoms with Crippen LogP contribution in [0.4, 0.5) is 0 Å². The lowest BCUT2D eigenvalue weighted by atomic mass is 10.2. The lowest BCUT2D eigenvalue weighted by Gasteiger charge is -2.01. The van der Waals surface area contributed by atoms with Gasteiger partial charge in [0.1, 0.15) is 11.5 Å². The summed E-state index contributed by atoms with van der Waals surface area (Å²) in [5.74, 6) is 0.853. The second-order valence-electron chi connectivity index (χ2n) is 3.23. The summed E-state index contributed by atoms with van der Waals surface area (Å²) < 4.78 is 2.03. The van der Waals surface area contributed by atoms with Crippen molar-refractivity contribution < 1.29 is 0 Å². The van der Waals surface area contributed by atoms with E-state index in [0.29, 0.717) is 0 Å². The molecule has 0 aromatic carbocycles. The van der Waals surface area contributed by atoms with E-state index in [-0.39, 0.29) is 0 Å². The Bertz CT molecular complexity index is 443. The molecule has 3 nitrogen and oxygen atoms in total. The maximum Gasteiger partial charge on any atom is 0.143 e. The Hall–Kier alpha value is -1.38. The van der Waals surface area contributed by atoms with Crippen LogP contribution in [0.2, 0.25) is 0 Å². The van der Waals surface area contributed by atoms with Crippen LogP contribution in [0.5, 0.6) is 0 Å². The van der Waals surface area contributed by atoms with Gasteiger partial charge in [0.15, 0.2) is 0 Å². The van der Waals surface area contributed by atoms with E-state index in [2.05, 4.69) is 23.0 Å². The predicted octanol–water partition coefficient (Wildman–Crippen LogP) is 1.84. The van der Waals surface area contributed by atoms with Gasteiger partial charge in [-0.2, -0.15) is 0 Å². The smallest absolute Gasteiger partial charge is 0.143 e. The van der Waals surface area contributed by atoms with E-state index < -0.39 is 0 Å². The highest BCUT2D eigenvalue weighted by Gasteiger charge is 2.05. The highest BCUT2D eigenvalue weighted by molar-refractivity contribution is 5.78. The van der Waals surface area contributed by atoms with Gasteiger partial charge in [-0.1, -0.05) is 6.92 Å². The second-order valence-corrected chi connectivity index (χ2v) is 3.23. The fourth-order valence-electron chi connectivity index (χ4n) is 1.59. The molecule has 3 heteroatoms. The van der Waals surface area contributed by atoms with Crippen molar-refractivity contribution in [1.82, 2.24) is 14.5 Å². The van der Waals surface area contributed by atoms with Crippen molar-refractivity contribution in [3.8, 4) is 0 Å². The first-order valence-corrected chi connectivity index (χ1v) is 4.51. The molecule has 0 radical (unpaired) electrons. The van der Waals surface area contributed by atoms with Crippen molar-refractivity contribution in [1.29, 1.82) is 0 Å². The van der Waals surface area contributed by atoms with Gasteiger partial charge in [0, 0.05) is 18.6 Å². The number of rotatable bonds is 1. The van der Waals surface area contributed by atoms with Gasteiger partial charge in [0.2, 0.25) is 0 Å². The fraction of sp³-hybridized carbons (Fsp3) is 0.400. The average Bonchev–Trinajstić information content (AvgIpc) is 2.47. The van der Waals surface area contributed by atoms with E-state index in [9.17, 15) is 0 Å². The maximum absolute atomic E-state index is 4.41. The normalized spacial score (nSPS) is 11.0. The molecule has 68 valence electrons. The van der Waals surface area contributed by atoms with Crippen LogP contribution in [0.25, 0.3) is 11.0 Å². The second kappa shape index (κ2) is 2.83. The summed E-state index contributed by atoms with van der Waals surface area (Å²) in [6.45, 7) is 4.06. The average molecular weight is 175 g/mol. The molecule has 2 aromatic heterocycles. The van der Waals surface area contributed by atoms with Gasteiger partial charge >= 0.3 is 0 Å². The Labute approximate surface area is 77.4 Å². The molecular weight excluding hydrogens is 162 g/mol. The minimum Gasteiger partial charge on any atom is -0.335 e. The third kappa shape index (κ3) is 1.20. The molecule has 0 N–H and O–H groups in total. The number of nitrogens with zero attached hydrogens (tertiary/aromatic N) is 3. The molecule has 0 aliphatic heterocycles. The Morgan fingerprint density at radius 2 is 2.15 bits per heavy atom. The van der Waals surface area contributed by atoms with Crippen molar-refractivity contribution >= 4 is 11.0 Å². The molecular formula is C10H13N3. The van der Waals surface area contributed by atoms with Crippen LogP contribution in [0.1, 0.15) is 18.4 Å². The quantitative estimate of drug-likeness (QED) is 0.662. The Balaban J connectivity index is 2.84.